The number of carbonyl (C=O) groups is 1. The SMILES string of the molecule is Cc1c(CNC(=O)[C@H]2CCN(C)[C@H]2c2ccccc2)cnn1C. The van der Waals surface area contributed by atoms with E-state index in [1.807, 2.05) is 43.0 Å². The molecule has 23 heavy (non-hydrogen) atoms. The maximum Gasteiger partial charge on any atom is 0.225 e. The van der Waals surface area contributed by atoms with E-state index in [1.165, 1.54) is 5.56 Å². The van der Waals surface area contributed by atoms with Crippen LogP contribution in [0.1, 0.15) is 29.3 Å². The van der Waals surface area contributed by atoms with Crippen molar-refractivity contribution < 1.29 is 4.79 Å². The number of likely N-dealkylation sites (tertiary alicyclic amines) is 1. The number of aromatic nitrogens is 2. The van der Waals surface area contributed by atoms with Crippen LogP contribution in [0.15, 0.2) is 36.5 Å². The van der Waals surface area contributed by atoms with Gasteiger partial charge in [0.15, 0.2) is 0 Å². The summed E-state index contributed by atoms with van der Waals surface area (Å²) < 4.78 is 1.83. The summed E-state index contributed by atoms with van der Waals surface area (Å²) in [5.74, 6) is 0.130. The molecule has 2 atom stereocenters. The number of rotatable bonds is 4. The van der Waals surface area contributed by atoms with Gasteiger partial charge >= 0.3 is 0 Å². The lowest BCUT2D eigenvalue weighted by Gasteiger charge is -2.25. The minimum atomic E-state index is -0.000576. The zero-order valence-electron chi connectivity index (χ0n) is 14.0. The first-order valence-electron chi connectivity index (χ1n) is 8.08. The van der Waals surface area contributed by atoms with Crippen LogP contribution in [-0.2, 0) is 18.4 Å². The molecule has 1 saturated heterocycles. The Bertz CT molecular complexity index is 680. The van der Waals surface area contributed by atoms with E-state index in [2.05, 4.69) is 34.5 Å². The van der Waals surface area contributed by atoms with Gasteiger partial charge < -0.3 is 5.32 Å². The molecule has 0 bridgehead atoms. The van der Waals surface area contributed by atoms with E-state index in [4.69, 9.17) is 0 Å². The van der Waals surface area contributed by atoms with Crippen LogP contribution in [0.5, 0.6) is 0 Å². The molecule has 0 saturated carbocycles. The fourth-order valence-electron chi connectivity index (χ4n) is 3.39. The number of nitrogens with zero attached hydrogens (tertiary/aromatic N) is 3. The monoisotopic (exact) mass is 312 g/mol. The first kappa shape index (κ1) is 15.7. The van der Waals surface area contributed by atoms with Gasteiger partial charge in [-0.3, -0.25) is 14.4 Å². The summed E-state index contributed by atoms with van der Waals surface area (Å²) >= 11 is 0. The highest BCUT2D eigenvalue weighted by molar-refractivity contribution is 5.80. The van der Waals surface area contributed by atoms with E-state index in [9.17, 15) is 4.79 Å². The number of amides is 1. The third-order valence-corrected chi connectivity index (χ3v) is 4.92. The topological polar surface area (TPSA) is 50.2 Å². The van der Waals surface area contributed by atoms with Gasteiger partial charge in [-0.15, -0.1) is 0 Å². The fraction of sp³-hybridized carbons (Fsp3) is 0.444. The van der Waals surface area contributed by atoms with Crippen LogP contribution in [0.2, 0.25) is 0 Å². The molecule has 2 aromatic rings. The Morgan fingerprint density at radius 1 is 1.30 bits per heavy atom. The van der Waals surface area contributed by atoms with Crippen molar-refractivity contribution in [2.45, 2.75) is 25.9 Å². The first-order valence-corrected chi connectivity index (χ1v) is 8.08. The number of carbonyl (C=O) groups excluding carboxylic acids is 1. The molecule has 0 spiro atoms. The molecular formula is C18H24N4O. The highest BCUT2D eigenvalue weighted by Crippen LogP contribution is 2.36. The molecule has 1 aromatic carbocycles. The smallest absolute Gasteiger partial charge is 0.225 e. The molecule has 1 aliphatic rings. The zero-order chi connectivity index (χ0) is 16.4. The highest BCUT2D eigenvalue weighted by atomic mass is 16.1. The van der Waals surface area contributed by atoms with Gasteiger partial charge in [0.2, 0.25) is 5.91 Å². The summed E-state index contributed by atoms with van der Waals surface area (Å²) in [4.78, 5) is 15.0. The Labute approximate surface area is 137 Å². The summed E-state index contributed by atoms with van der Waals surface area (Å²) in [7, 11) is 4.01. The van der Waals surface area contributed by atoms with E-state index in [0.29, 0.717) is 6.54 Å². The lowest BCUT2D eigenvalue weighted by molar-refractivity contribution is -0.125. The predicted octanol–water partition coefficient (Wildman–Crippen LogP) is 2.04. The van der Waals surface area contributed by atoms with Crippen LogP contribution in [0.4, 0.5) is 0 Å². The van der Waals surface area contributed by atoms with Gasteiger partial charge in [-0.25, -0.2) is 0 Å². The zero-order valence-corrected chi connectivity index (χ0v) is 14.0. The molecule has 0 unspecified atom stereocenters. The van der Waals surface area contributed by atoms with Crippen molar-refractivity contribution in [3.63, 3.8) is 0 Å². The molecule has 122 valence electrons. The van der Waals surface area contributed by atoms with Crippen LogP contribution in [-0.4, -0.2) is 34.2 Å². The second-order valence-corrected chi connectivity index (χ2v) is 6.33. The first-order chi connectivity index (χ1) is 11.1. The normalized spacial score (nSPS) is 21.5. The predicted molar refractivity (Wildman–Crippen MR) is 89.7 cm³/mol. The third-order valence-electron chi connectivity index (χ3n) is 4.92. The van der Waals surface area contributed by atoms with Crippen molar-refractivity contribution in [2.24, 2.45) is 13.0 Å². The van der Waals surface area contributed by atoms with Gasteiger partial charge in [-0.05, 0) is 32.5 Å². The molecule has 2 heterocycles. The van der Waals surface area contributed by atoms with Crippen LogP contribution in [0, 0.1) is 12.8 Å². The standard InChI is InChI=1S/C18H24N4O/c1-13-15(12-20-22(13)3)11-19-18(23)16-9-10-21(2)17(16)14-7-5-4-6-8-14/h4-8,12,16-17H,9-11H2,1-3H3,(H,19,23)/t16-,17-/m0/s1. The Morgan fingerprint density at radius 2 is 2.04 bits per heavy atom. The molecule has 1 fully saturated rings. The summed E-state index contributed by atoms with van der Waals surface area (Å²) in [6.07, 6.45) is 2.72. The maximum atomic E-state index is 12.7. The molecule has 1 aliphatic heterocycles. The van der Waals surface area contributed by atoms with Crippen molar-refractivity contribution >= 4 is 5.91 Å². The summed E-state index contributed by atoms with van der Waals surface area (Å²) in [5, 5.41) is 7.32. The Balaban J connectivity index is 1.70. The van der Waals surface area contributed by atoms with Crippen LogP contribution in [0.3, 0.4) is 0 Å². The molecule has 1 aromatic heterocycles. The van der Waals surface area contributed by atoms with Crippen molar-refractivity contribution in [2.75, 3.05) is 13.6 Å². The van der Waals surface area contributed by atoms with Gasteiger partial charge in [0.1, 0.15) is 0 Å². The van der Waals surface area contributed by atoms with Gasteiger partial charge in [-0.1, -0.05) is 30.3 Å². The number of hydrogen-bond donors (Lipinski definition) is 1. The second kappa shape index (κ2) is 6.54. The quantitative estimate of drug-likeness (QED) is 0.940. The third kappa shape index (κ3) is 3.15. The van der Waals surface area contributed by atoms with Crippen LogP contribution >= 0.6 is 0 Å². The average Bonchev–Trinajstić information content (AvgIpc) is 3.10. The summed E-state index contributed by atoms with van der Waals surface area (Å²) in [5.41, 5.74) is 3.38. The van der Waals surface area contributed by atoms with Crippen molar-refractivity contribution in [3.05, 3.63) is 53.3 Å². The number of aryl methyl sites for hydroxylation is 1. The van der Waals surface area contributed by atoms with Gasteiger partial charge in [0, 0.05) is 30.9 Å². The van der Waals surface area contributed by atoms with E-state index in [0.717, 1.165) is 24.2 Å². The maximum absolute atomic E-state index is 12.7. The Kier molecular flexibility index (Phi) is 4.48. The molecule has 5 heteroatoms. The molecule has 3 rings (SSSR count). The summed E-state index contributed by atoms with van der Waals surface area (Å²) in [6, 6.07) is 10.5. The van der Waals surface area contributed by atoms with Gasteiger partial charge in [0.05, 0.1) is 12.1 Å². The largest absolute Gasteiger partial charge is 0.352 e. The molecular weight excluding hydrogens is 288 g/mol. The molecule has 0 aliphatic carbocycles. The van der Waals surface area contributed by atoms with Gasteiger partial charge in [0.25, 0.3) is 0 Å². The lowest BCUT2D eigenvalue weighted by Crippen LogP contribution is -2.34. The van der Waals surface area contributed by atoms with Crippen LogP contribution in [0.25, 0.3) is 0 Å². The molecule has 5 nitrogen and oxygen atoms in total. The Morgan fingerprint density at radius 3 is 2.70 bits per heavy atom. The second-order valence-electron chi connectivity index (χ2n) is 6.33. The van der Waals surface area contributed by atoms with Crippen LogP contribution < -0.4 is 5.32 Å². The van der Waals surface area contributed by atoms with E-state index in [-0.39, 0.29) is 17.9 Å². The minimum absolute atomic E-state index is 0.000576. The summed E-state index contributed by atoms with van der Waals surface area (Å²) in [6.45, 7) is 3.51. The van der Waals surface area contributed by atoms with Crippen molar-refractivity contribution in [3.8, 4) is 0 Å². The van der Waals surface area contributed by atoms with Crippen molar-refractivity contribution in [1.82, 2.24) is 20.0 Å². The number of benzene rings is 1. The van der Waals surface area contributed by atoms with E-state index in [1.54, 1.807) is 0 Å². The van der Waals surface area contributed by atoms with E-state index < -0.39 is 0 Å². The molecule has 1 N–H and O–H groups in total. The fourth-order valence-corrected chi connectivity index (χ4v) is 3.39. The van der Waals surface area contributed by atoms with Crippen molar-refractivity contribution in [1.29, 1.82) is 0 Å². The number of hydrogen-bond acceptors (Lipinski definition) is 3. The van der Waals surface area contributed by atoms with E-state index >= 15 is 0 Å². The lowest BCUT2D eigenvalue weighted by atomic mass is 9.93. The molecule has 1 amide bonds. The Hall–Kier alpha value is -2.14. The minimum Gasteiger partial charge on any atom is -0.352 e. The average molecular weight is 312 g/mol. The highest BCUT2D eigenvalue weighted by Gasteiger charge is 2.37. The molecule has 0 radical (unpaired) electrons. The number of nitrogens with one attached hydrogen (secondary N) is 1. The van der Waals surface area contributed by atoms with Gasteiger partial charge in [-0.2, -0.15) is 5.10 Å².